The molecule has 9 heteroatoms. The van der Waals surface area contributed by atoms with Crippen molar-refractivity contribution in [3.63, 3.8) is 0 Å². The highest BCUT2D eigenvalue weighted by molar-refractivity contribution is 5.88. The second kappa shape index (κ2) is 25.0. The number of aromatic amines is 1. The van der Waals surface area contributed by atoms with Gasteiger partial charge in [-0.15, -0.1) is 0 Å². The van der Waals surface area contributed by atoms with Crippen molar-refractivity contribution in [2.24, 2.45) is 0 Å². The molecule has 4 rings (SSSR count). The smallest absolute Gasteiger partial charge is 0.335 e. The predicted octanol–water partition coefficient (Wildman–Crippen LogP) is 9.26. The second-order valence-electron chi connectivity index (χ2n) is 10.7. The first-order valence-corrected chi connectivity index (χ1v) is 16.0. The van der Waals surface area contributed by atoms with Gasteiger partial charge in [0.05, 0.1) is 34.4 Å². The van der Waals surface area contributed by atoms with Crippen molar-refractivity contribution in [1.82, 2.24) is 9.97 Å². The van der Waals surface area contributed by atoms with Crippen LogP contribution >= 0.6 is 0 Å². The van der Waals surface area contributed by atoms with Crippen LogP contribution in [0.3, 0.4) is 0 Å². The Morgan fingerprint density at radius 3 is 1.34 bits per heavy atom. The largest absolute Gasteiger partial charge is 0.478 e. The summed E-state index contributed by atoms with van der Waals surface area (Å²) in [6, 6.07) is 27.1. The lowest BCUT2D eigenvalue weighted by Gasteiger charge is -2.01. The molecule has 0 spiro atoms. The highest BCUT2D eigenvalue weighted by Crippen LogP contribution is 2.14. The minimum Gasteiger partial charge on any atom is -0.478 e. The Balaban J connectivity index is 0.000000341. The standard InChI is InChI=1S/C17H29N3.3C7H6O2/c1-3-4-5-6-7-8-9-10-11-12-17-19-14-16(20-17)15(2)13-18;3*8-7(9)6-4-2-1-3-5-6/h14-15H,3-12H2,1-2H3,(H,19,20);3*1-5H,(H,8,9). The molecule has 0 fully saturated rings. The molecule has 4 N–H and O–H groups in total. The molecule has 4 aromatic rings. The number of carbonyl (C=O) groups is 3. The summed E-state index contributed by atoms with van der Waals surface area (Å²) in [5.41, 5.74) is 1.94. The zero-order valence-electron chi connectivity index (χ0n) is 27.3. The average Bonchev–Trinajstić information content (AvgIpc) is 3.58. The summed E-state index contributed by atoms with van der Waals surface area (Å²) >= 11 is 0. The van der Waals surface area contributed by atoms with Crippen molar-refractivity contribution in [3.05, 3.63) is 125 Å². The van der Waals surface area contributed by atoms with Crippen LogP contribution in [0.1, 0.15) is 120 Å². The first-order valence-electron chi connectivity index (χ1n) is 16.0. The molecular weight excluding hydrogens is 594 g/mol. The number of nitrogens with one attached hydrogen (secondary N) is 1. The van der Waals surface area contributed by atoms with Crippen molar-refractivity contribution in [2.45, 2.75) is 84.0 Å². The van der Waals surface area contributed by atoms with Crippen LogP contribution in [-0.4, -0.2) is 43.2 Å². The van der Waals surface area contributed by atoms with E-state index in [0.29, 0.717) is 16.7 Å². The molecule has 0 aliphatic rings. The Morgan fingerprint density at radius 1 is 0.660 bits per heavy atom. The molecule has 3 aromatic carbocycles. The second-order valence-corrected chi connectivity index (χ2v) is 10.7. The molecule has 1 atom stereocenters. The van der Waals surface area contributed by atoms with Gasteiger partial charge in [-0.2, -0.15) is 5.26 Å². The third-order valence-corrected chi connectivity index (χ3v) is 6.89. The molecule has 9 nitrogen and oxygen atoms in total. The summed E-state index contributed by atoms with van der Waals surface area (Å²) in [5.74, 6) is -1.69. The van der Waals surface area contributed by atoms with E-state index in [1.807, 2.05) is 6.92 Å². The Hall–Kier alpha value is -5.23. The number of aromatic nitrogens is 2. The van der Waals surface area contributed by atoms with E-state index in [1.54, 1.807) is 97.2 Å². The number of imidazole rings is 1. The maximum absolute atomic E-state index is 10.2. The lowest BCUT2D eigenvalue weighted by atomic mass is 10.1. The first-order chi connectivity index (χ1) is 22.7. The van der Waals surface area contributed by atoms with Crippen LogP contribution in [0.25, 0.3) is 0 Å². The minimum absolute atomic E-state index is 0.0839. The van der Waals surface area contributed by atoms with E-state index in [9.17, 15) is 14.4 Å². The summed E-state index contributed by atoms with van der Waals surface area (Å²) in [6.07, 6.45) is 14.9. The lowest BCUT2D eigenvalue weighted by molar-refractivity contribution is 0.0686. The number of aromatic carboxylic acids is 3. The highest BCUT2D eigenvalue weighted by Gasteiger charge is 2.07. The molecule has 1 heterocycles. The summed E-state index contributed by atoms with van der Waals surface area (Å²) in [5, 5.41) is 34.0. The third-order valence-electron chi connectivity index (χ3n) is 6.89. The van der Waals surface area contributed by atoms with Gasteiger partial charge in [0, 0.05) is 12.6 Å². The molecule has 1 unspecified atom stereocenters. The Bertz CT molecular complexity index is 1330. The number of rotatable bonds is 14. The monoisotopic (exact) mass is 641 g/mol. The van der Waals surface area contributed by atoms with E-state index in [4.69, 9.17) is 20.6 Å². The highest BCUT2D eigenvalue weighted by atomic mass is 16.4. The van der Waals surface area contributed by atoms with Gasteiger partial charge in [0.1, 0.15) is 5.82 Å². The van der Waals surface area contributed by atoms with Gasteiger partial charge >= 0.3 is 17.9 Å². The molecule has 0 bridgehead atoms. The van der Waals surface area contributed by atoms with E-state index in [0.717, 1.165) is 17.9 Å². The van der Waals surface area contributed by atoms with Gasteiger partial charge < -0.3 is 20.3 Å². The van der Waals surface area contributed by atoms with Crippen LogP contribution < -0.4 is 0 Å². The number of benzene rings is 3. The predicted molar refractivity (Wildman–Crippen MR) is 184 cm³/mol. The number of hydrogen-bond acceptors (Lipinski definition) is 5. The SMILES string of the molecule is CCCCCCCCCCCc1ncc(C(C)C#N)[nH]1.O=C(O)c1ccccc1.O=C(O)c1ccccc1.O=C(O)c1ccccc1. The number of H-pyrrole nitrogens is 1. The fourth-order valence-electron chi connectivity index (χ4n) is 4.14. The maximum Gasteiger partial charge on any atom is 0.335 e. The van der Waals surface area contributed by atoms with Crippen molar-refractivity contribution in [1.29, 1.82) is 5.26 Å². The number of carboxylic acids is 3. The summed E-state index contributed by atoms with van der Waals surface area (Å²) in [6.45, 7) is 4.16. The topological polar surface area (TPSA) is 164 Å². The fraction of sp³-hybridized carbons (Fsp3) is 0.342. The number of nitrogens with zero attached hydrogens (tertiary/aromatic N) is 2. The van der Waals surface area contributed by atoms with Crippen LogP contribution in [-0.2, 0) is 6.42 Å². The van der Waals surface area contributed by atoms with E-state index >= 15 is 0 Å². The zero-order valence-corrected chi connectivity index (χ0v) is 27.3. The van der Waals surface area contributed by atoms with Crippen molar-refractivity contribution >= 4 is 17.9 Å². The van der Waals surface area contributed by atoms with Crippen LogP contribution in [0.2, 0.25) is 0 Å². The van der Waals surface area contributed by atoms with Gasteiger partial charge in [0.25, 0.3) is 0 Å². The van der Waals surface area contributed by atoms with Gasteiger partial charge in [0.15, 0.2) is 0 Å². The fourth-order valence-corrected chi connectivity index (χ4v) is 4.14. The molecule has 0 aliphatic heterocycles. The quantitative estimate of drug-likeness (QED) is 0.0989. The lowest BCUT2D eigenvalue weighted by Crippen LogP contribution is -1.93. The summed E-state index contributed by atoms with van der Waals surface area (Å²) < 4.78 is 0. The van der Waals surface area contributed by atoms with E-state index < -0.39 is 17.9 Å². The molecule has 0 saturated heterocycles. The van der Waals surface area contributed by atoms with Gasteiger partial charge in [-0.05, 0) is 49.7 Å². The summed E-state index contributed by atoms with van der Waals surface area (Å²) in [7, 11) is 0. The maximum atomic E-state index is 10.2. The number of nitriles is 1. The third kappa shape index (κ3) is 19.0. The summed E-state index contributed by atoms with van der Waals surface area (Å²) in [4.78, 5) is 38.2. The average molecular weight is 642 g/mol. The van der Waals surface area contributed by atoms with Crippen molar-refractivity contribution in [3.8, 4) is 6.07 Å². The molecule has 250 valence electrons. The molecule has 47 heavy (non-hydrogen) atoms. The molecular formula is C38H47N3O6. The van der Waals surface area contributed by atoms with E-state index in [-0.39, 0.29) is 5.92 Å². The van der Waals surface area contributed by atoms with Gasteiger partial charge in [-0.1, -0.05) is 113 Å². The molecule has 0 amide bonds. The number of aryl methyl sites for hydroxylation is 1. The van der Waals surface area contributed by atoms with Crippen LogP contribution in [0.5, 0.6) is 0 Å². The first kappa shape index (κ1) is 39.8. The molecule has 1 aromatic heterocycles. The van der Waals surface area contributed by atoms with Gasteiger partial charge in [-0.25, -0.2) is 19.4 Å². The van der Waals surface area contributed by atoms with Crippen molar-refractivity contribution in [2.75, 3.05) is 0 Å². The number of hydrogen-bond donors (Lipinski definition) is 4. The Labute approximate surface area is 278 Å². The zero-order chi connectivity index (χ0) is 34.7. The number of carboxylic acid groups (broad SMARTS) is 3. The van der Waals surface area contributed by atoms with E-state index in [1.165, 1.54) is 57.8 Å². The Morgan fingerprint density at radius 2 is 1.02 bits per heavy atom. The van der Waals surface area contributed by atoms with E-state index in [2.05, 4.69) is 23.0 Å². The molecule has 0 saturated carbocycles. The van der Waals surface area contributed by atoms with Crippen molar-refractivity contribution < 1.29 is 29.7 Å². The van der Waals surface area contributed by atoms with Crippen LogP contribution in [0.15, 0.2) is 97.2 Å². The molecule has 0 aliphatic carbocycles. The van der Waals surface area contributed by atoms with Crippen LogP contribution in [0, 0.1) is 11.3 Å². The number of unbranched alkanes of at least 4 members (excludes halogenated alkanes) is 8. The van der Waals surface area contributed by atoms with Crippen LogP contribution in [0.4, 0.5) is 0 Å². The minimum atomic E-state index is -0.879. The molecule has 0 radical (unpaired) electrons. The van der Waals surface area contributed by atoms with Gasteiger partial charge in [-0.3, -0.25) is 0 Å². The Kier molecular flexibility index (Phi) is 21.2. The normalized spacial score (nSPS) is 10.3. The van der Waals surface area contributed by atoms with Gasteiger partial charge in [0.2, 0.25) is 0 Å².